The first-order valence-electron chi connectivity index (χ1n) is 10.7. The summed E-state index contributed by atoms with van der Waals surface area (Å²) in [6.45, 7) is -0.0430. The van der Waals surface area contributed by atoms with E-state index in [0.717, 1.165) is 21.7 Å². The Morgan fingerprint density at radius 3 is 2.34 bits per heavy atom. The molecule has 184 valence electrons. The fraction of sp³-hybridized carbons (Fsp3) is 0.208. The van der Waals surface area contributed by atoms with Gasteiger partial charge in [-0.2, -0.15) is 4.31 Å². The SMILES string of the molecule is CS(=O)(=O)N(CC(=O)Nc1ccc2c(c1)N(S(=O)(=O)c1ccc(Cl)cc1)CC2)Cc1ccccc1. The van der Waals surface area contributed by atoms with E-state index in [1.807, 2.05) is 6.07 Å². The predicted octanol–water partition coefficient (Wildman–Crippen LogP) is 3.49. The summed E-state index contributed by atoms with van der Waals surface area (Å²) in [5.74, 6) is -0.531. The monoisotopic (exact) mass is 533 g/mol. The van der Waals surface area contributed by atoms with Crippen molar-refractivity contribution in [2.45, 2.75) is 17.9 Å². The zero-order valence-electron chi connectivity index (χ0n) is 18.9. The van der Waals surface area contributed by atoms with Crippen molar-refractivity contribution >= 4 is 48.9 Å². The summed E-state index contributed by atoms with van der Waals surface area (Å²) in [5, 5.41) is 3.13. The summed E-state index contributed by atoms with van der Waals surface area (Å²) in [5.41, 5.74) is 2.44. The van der Waals surface area contributed by atoms with Gasteiger partial charge in [0.1, 0.15) is 0 Å². The van der Waals surface area contributed by atoms with Crippen LogP contribution in [0.1, 0.15) is 11.1 Å². The Balaban J connectivity index is 1.52. The molecule has 1 aliphatic rings. The average Bonchev–Trinajstić information content (AvgIpc) is 3.23. The van der Waals surface area contributed by atoms with Crippen molar-refractivity contribution in [3.8, 4) is 0 Å². The molecule has 35 heavy (non-hydrogen) atoms. The van der Waals surface area contributed by atoms with Gasteiger partial charge in [0.25, 0.3) is 10.0 Å². The third-order valence-electron chi connectivity index (χ3n) is 5.61. The molecule has 0 fully saturated rings. The second kappa shape index (κ2) is 9.98. The number of fused-ring (bicyclic) bond motifs is 1. The van der Waals surface area contributed by atoms with Crippen LogP contribution in [0.4, 0.5) is 11.4 Å². The minimum Gasteiger partial charge on any atom is -0.325 e. The molecule has 0 saturated heterocycles. The van der Waals surface area contributed by atoms with Crippen molar-refractivity contribution in [1.82, 2.24) is 4.31 Å². The lowest BCUT2D eigenvalue weighted by atomic mass is 10.1. The first kappa shape index (κ1) is 25.2. The van der Waals surface area contributed by atoms with Gasteiger partial charge in [-0.05, 0) is 53.9 Å². The predicted molar refractivity (Wildman–Crippen MR) is 136 cm³/mol. The van der Waals surface area contributed by atoms with Gasteiger partial charge in [-0.15, -0.1) is 0 Å². The molecule has 1 N–H and O–H groups in total. The number of carbonyl (C=O) groups excluding carboxylic acids is 1. The molecule has 0 saturated carbocycles. The fourth-order valence-electron chi connectivity index (χ4n) is 3.85. The molecule has 0 aromatic heterocycles. The van der Waals surface area contributed by atoms with Gasteiger partial charge in [-0.1, -0.05) is 48.0 Å². The second-order valence-corrected chi connectivity index (χ2v) is 12.5. The van der Waals surface area contributed by atoms with Gasteiger partial charge >= 0.3 is 0 Å². The number of nitrogens with one attached hydrogen (secondary N) is 1. The Hall–Kier alpha value is -2.92. The first-order valence-corrected chi connectivity index (χ1v) is 14.4. The van der Waals surface area contributed by atoms with Gasteiger partial charge in [-0.25, -0.2) is 16.8 Å². The Morgan fingerprint density at radius 1 is 1.00 bits per heavy atom. The maximum atomic E-state index is 13.2. The molecule has 0 radical (unpaired) electrons. The number of nitrogens with zero attached hydrogens (tertiary/aromatic N) is 2. The Labute approximate surface area is 210 Å². The Kier molecular flexibility index (Phi) is 7.18. The summed E-state index contributed by atoms with van der Waals surface area (Å²) in [4.78, 5) is 12.8. The van der Waals surface area contributed by atoms with Crippen molar-refractivity contribution in [3.05, 3.63) is 88.9 Å². The highest BCUT2D eigenvalue weighted by Crippen LogP contribution is 2.35. The van der Waals surface area contributed by atoms with Gasteiger partial charge in [0.05, 0.1) is 23.4 Å². The molecule has 3 aromatic rings. The number of carbonyl (C=O) groups is 1. The molecular weight excluding hydrogens is 510 g/mol. The molecule has 1 heterocycles. The number of rotatable bonds is 8. The first-order chi connectivity index (χ1) is 16.5. The van der Waals surface area contributed by atoms with Crippen LogP contribution < -0.4 is 9.62 Å². The van der Waals surface area contributed by atoms with Crippen molar-refractivity contribution in [3.63, 3.8) is 0 Å². The lowest BCUT2D eigenvalue weighted by Gasteiger charge is -2.21. The molecule has 8 nitrogen and oxygen atoms in total. The van der Waals surface area contributed by atoms with E-state index in [-0.39, 0.29) is 24.5 Å². The molecule has 0 unspecified atom stereocenters. The van der Waals surface area contributed by atoms with Gasteiger partial charge in [-0.3, -0.25) is 9.10 Å². The summed E-state index contributed by atoms with van der Waals surface area (Å²) in [7, 11) is -7.46. The molecule has 1 aliphatic heterocycles. The number of amides is 1. The van der Waals surface area contributed by atoms with E-state index in [9.17, 15) is 21.6 Å². The molecule has 0 atom stereocenters. The van der Waals surface area contributed by atoms with Crippen LogP contribution in [-0.2, 0) is 37.8 Å². The van der Waals surface area contributed by atoms with Crippen LogP contribution in [0, 0.1) is 0 Å². The molecule has 3 aromatic carbocycles. The van der Waals surface area contributed by atoms with E-state index in [1.165, 1.54) is 28.6 Å². The minimum atomic E-state index is -3.81. The number of anilines is 2. The van der Waals surface area contributed by atoms with E-state index < -0.39 is 26.0 Å². The molecule has 1 amide bonds. The minimum absolute atomic E-state index is 0.0599. The molecule has 0 aliphatic carbocycles. The van der Waals surface area contributed by atoms with E-state index in [4.69, 9.17) is 11.6 Å². The van der Waals surface area contributed by atoms with Crippen LogP contribution in [0.5, 0.6) is 0 Å². The summed E-state index contributed by atoms with van der Waals surface area (Å²) in [6.07, 6.45) is 1.59. The third kappa shape index (κ3) is 5.84. The smallest absolute Gasteiger partial charge is 0.264 e. The summed E-state index contributed by atoms with van der Waals surface area (Å²) < 4.78 is 53.3. The quantitative estimate of drug-likeness (QED) is 0.477. The zero-order valence-corrected chi connectivity index (χ0v) is 21.3. The normalized spacial score (nSPS) is 13.6. The number of hydrogen-bond donors (Lipinski definition) is 1. The lowest BCUT2D eigenvalue weighted by Crippen LogP contribution is -2.36. The largest absolute Gasteiger partial charge is 0.325 e. The van der Waals surface area contributed by atoms with Crippen molar-refractivity contribution in [2.24, 2.45) is 0 Å². The van der Waals surface area contributed by atoms with Crippen molar-refractivity contribution < 1.29 is 21.6 Å². The van der Waals surface area contributed by atoms with Crippen LogP contribution in [0.3, 0.4) is 0 Å². The van der Waals surface area contributed by atoms with Crippen LogP contribution in [0.25, 0.3) is 0 Å². The highest BCUT2D eigenvalue weighted by Gasteiger charge is 2.31. The van der Waals surface area contributed by atoms with Gasteiger partial charge in [0.15, 0.2) is 0 Å². The van der Waals surface area contributed by atoms with Gasteiger partial charge < -0.3 is 5.32 Å². The lowest BCUT2D eigenvalue weighted by molar-refractivity contribution is -0.116. The van der Waals surface area contributed by atoms with Crippen LogP contribution in [0.15, 0.2) is 77.7 Å². The topological polar surface area (TPSA) is 104 Å². The van der Waals surface area contributed by atoms with Gasteiger partial charge in [0, 0.05) is 23.8 Å². The summed E-state index contributed by atoms with van der Waals surface area (Å²) in [6, 6.07) is 20.0. The van der Waals surface area contributed by atoms with Crippen LogP contribution >= 0.6 is 11.6 Å². The molecule has 0 spiro atoms. The van der Waals surface area contributed by atoms with E-state index in [2.05, 4.69) is 5.32 Å². The third-order valence-corrected chi connectivity index (χ3v) is 8.89. The van der Waals surface area contributed by atoms with Crippen LogP contribution in [-0.4, -0.2) is 46.4 Å². The average molecular weight is 534 g/mol. The van der Waals surface area contributed by atoms with Crippen molar-refractivity contribution in [1.29, 1.82) is 0 Å². The van der Waals surface area contributed by atoms with Gasteiger partial charge in [0.2, 0.25) is 15.9 Å². The maximum absolute atomic E-state index is 13.2. The molecular formula is C24H24ClN3O5S2. The van der Waals surface area contributed by atoms with E-state index >= 15 is 0 Å². The highest BCUT2D eigenvalue weighted by atomic mass is 35.5. The van der Waals surface area contributed by atoms with E-state index in [1.54, 1.807) is 42.5 Å². The van der Waals surface area contributed by atoms with Crippen LogP contribution in [0.2, 0.25) is 5.02 Å². The number of sulfonamides is 2. The maximum Gasteiger partial charge on any atom is 0.264 e. The molecule has 4 rings (SSSR count). The Bertz CT molecular complexity index is 1440. The highest BCUT2D eigenvalue weighted by molar-refractivity contribution is 7.92. The fourth-order valence-corrected chi connectivity index (χ4v) is 6.21. The zero-order chi connectivity index (χ0) is 25.2. The standard InChI is InChI=1S/C24H24ClN3O5S2/c1-34(30,31)27(16-18-5-3-2-4-6-18)17-24(29)26-21-10-7-19-13-14-28(23(19)15-21)35(32,33)22-11-8-20(25)9-12-22/h2-12,15H,13-14,16-17H2,1H3,(H,26,29). The molecule has 11 heteroatoms. The number of halogens is 1. The Morgan fingerprint density at radius 2 is 1.69 bits per heavy atom. The van der Waals surface area contributed by atoms with Crippen molar-refractivity contribution in [2.75, 3.05) is 29.0 Å². The summed E-state index contributed by atoms with van der Waals surface area (Å²) >= 11 is 5.89. The number of hydrogen-bond acceptors (Lipinski definition) is 5. The number of benzene rings is 3. The molecule has 0 bridgehead atoms. The second-order valence-electron chi connectivity index (χ2n) is 8.19. The van der Waals surface area contributed by atoms with E-state index in [0.29, 0.717) is 22.8 Å².